The predicted molar refractivity (Wildman–Crippen MR) is 134 cm³/mol. The number of alkyl halides is 2. The molecule has 1 aliphatic heterocycles. The summed E-state index contributed by atoms with van der Waals surface area (Å²) >= 11 is 0. The molecule has 2 aliphatic carbocycles. The van der Waals surface area contributed by atoms with Gasteiger partial charge in [-0.2, -0.15) is 13.8 Å². The van der Waals surface area contributed by atoms with E-state index < -0.39 is 12.4 Å². The fraction of sp³-hybridized carbons (Fsp3) is 0.571. The van der Waals surface area contributed by atoms with Crippen LogP contribution in [-0.4, -0.2) is 34.7 Å². The molecule has 0 spiro atoms. The first kappa shape index (κ1) is 23.6. The fourth-order valence-electron chi connectivity index (χ4n) is 7.42. The number of rotatable bonds is 6. The third-order valence-corrected chi connectivity index (χ3v) is 8.87. The Labute approximate surface area is 209 Å². The van der Waals surface area contributed by atoms with Gasteiger partial charge in [-0.05, 0) is 79.9 Å². The first-order valence-corrected chi connectivity index (χ1v) is 13.3. The number of fused-ring (bicyclic) bond motifs is 2. The Morgan fingerprint density at radius 1 is 1.08 bits per heavy atom. The number of aromatic nitrogens is 3. The van der Waals surface area contributed by atoms with Gasteiger partial charge in [0.05, 0.1) is 16.6 Å². The Hall–Kier alpha value is -2.77. The molecule has 0 amide bonds. The van der Waals surface area contributed by atoms with Crippen molar-refractivity contribution in [3.63, 3.8) is 0 Å². The molecule has 3 aliphatic rings. The molecule has 1 N–H and O–H groups in total. The van der Waals surface area contributed by atoms with E-state index in [-0.39, 0.29) is 17.1 Å². The zero-order valence-electron chi connectivity index (χ0n) is 20.8. The second kappa shape index (κ2) is 9.27. The molecule has 1 saturated heterocycles. The van der Waals surface area contributed by atoms with Crippen molar-refractivity contribution in [1.82, 2.24) is 15.0 Å². The summed E-state index contributed by atoms with van der Waals surface area (Å²) in [6, 6.07) is 6.70. The SMILES string of the molecule is CC1CCC2C(Cc3cc4nc(-c5ccc(N6CCCC6)nc5OC(F)F)c(F)cc4[nH]3)CC(C)C12. The van der Waals surface area contributed by atoms with Crippen molar-refractivity contribution in [1.29, 1.82) is 0 Å². The molecule has 36 heavy (non-hydrogen) atoms. The summed E-state index contributed by atoms with van der Waals surface area (Å²) in [4.78, 5) is 14.2. The van der Waals surface area contributed by atoms with Crippen LogP contribution in [0.4, 0.5) is 19.0 Å². The number of H-pyrrole nitrogens is 1. The zero-order valence-corrected chi connectivity index (χ0v) is 20.8. The van der Waals surface area contributed by atoms with E-state index in [1.54, 1.807) is 12.1 Å². The molecular weight excluding hydrogens is 465 g/mol. The van der Waals surface area contributed by atoms with Gasteiger partial charge in [0.15, 0.2) is 5.82 Å². The maximum absolute atomic E-state index is 15.2. The summed E-state index contributed by atoms with van der Waals surface area (Å²) < 4.78 is 46.4. The Morgan fingerprint density at radius 2 is 1.89 bits per heavy atom. The normalized spacial score (nSPS) is 27.9. The topological polar surface area (TPSA) is 54.0 Å². The van der Waals surface area contributed by atoms with Gasteiger partial charge in [0, 0.05) is 24.8 Å². The number of ether oxygens (including phenoxy) is 1. The van der Waals surface area contributed by atoms with Crippen LogP contribution >= 0.6 is 0 Å². The number of hydrogen-bond donors (Lipinski definition) is 1. The molecule has 0 aromatic carbocycles. The molecule has 192 valence electrons. The molecule has 5 nitrogen and oxygen atoms in total. The molecule has 4 heterocycles. The third kappa shape index (κ3) is 4.22. The summed E-state index contributed by atoms with van der Waals surface area (Å²) in [5, 5.41) is 0. The molecule has 2 saturated carbocycles. The van der Waals surface area contributed by atoms with Crippen LogP contribution in [0.3, 0.4) is 0 Å². The Morgan fingerprint density at radius 3 is 2.67 bits per heavy atom. The molecule has 3 aromatic heterocycles. The summed E-state index contributed by atoms with van der Waals surface area (Å²) in [6.45, 7) is 3.33. The monoisotopic (exact) mass is 498 g/mol. The lowest BCUT2D eigenvalue weighted by Crippen LogP contribution is -2.19. The van der Waals surface area contributed by atoms with Gasteiger partial charge < -0.3 is 14.6 Å². The van der Waals surface area contributed by atoms with Crippen LogP contribution < -0.4 is 9.64 Å². The number of aromatic amines is 1. The third-order valence-electron chi connectivity index (χ3n) is 8.87. The highest BCUT2D eigenvalue weighted by Gasteiger charge is 2.46. The molecule has 3 fully saturated rings. The fourth-order valence-corrected chi connectivity index (χ4v) is 7.42. The number of anilines is 1. The second-order valence-electron chi connectivity index (χ2n) is 11.1. The first-order valence-electron chi connectivity index (χ1n) is 13.3. The maximum Gasteiger partial charge on any atom is 0.388 e. The zero-order chi connectivity index (χ0) is 25.0. The average molecular weight is 499 g/mol. The van der Waals surface area contributed by atoms with E-state index in [0.717, 1.165) is 61.7 Å². The van der Waals surface area contributed by atoms with Crippen LogP contribution in [0.2, 0.25) is 0 Å². The average Bonchev–Trinajstić information content (AvgIpc) is 3.61. The molecule has 0 radical (unpaired) electrons. The van der Waals surface area contributed by atoms with Crippen LogP contribution in [0.15, 0.2) is 24.3 Å². The van der Waals surface area contributed by atoms with Gasteiger partial charge in [-0.15, -0.1) is 0 Å². The van der Waals surface area contributed by atoms with Crippen LogP contribution in [0.5, 0.6) is 5.88 Å². The quantitative estimate of drug-likeness (QED) is 0.405. The number of halogens is 3. The van der Waals surface area contributed by atoms with Crippen molar-refractivity contribution in [2.24, 2.45) is 29.6 Å². The van der Waals surface area contributed by atoms with E-state index in [4.69, 9.17) is 4.74 Å². The number of nitrogens with one attached hydrogen (secondary N) is 1. The number of hydrogen-bond acceptors (Lipinski definition) is 4. The summed E-state index contributed by atoms with van der Waals surface area (Å²) in [7, 11) is 0. The lowest BCUT2D eigenvalue weighted by Gasteiger charge is -2.20. The van der Waals surface area contributed by atoms with E-state index in [9.17, 15) is 8.78 Å². The maximum atomic E-state index is 15.2. The lowest BCUT2D eigenvalue weighted by atomic mass is 9.85. The minimum atomic E-state index is -3.06. The molecule has 0 bridgehead atoms. The van der Waals surface area contributed by atoms with Crippen LogP contribution in [0.25, 0.3) is 22.3 Å². The van der Waals surface area contributed by atoms with Crippen molar-refractivity contribution in [2.45, 2.75) is 59.0 Å². The van der Waals surface area contributed by atoms with Crippen molar-refractivity contribution >= 4 is 16.9 Å². The number of pyridine rings is 2. The van der Waals surface area contributed by atoms with Crippen LogP contribution in [0, 0.1) is 35.4 Å². The minimum absolute atomic E-state index is 0.0247. The Kier molecular flexibility index (Phi) is 6.08. The molecule has 5 unspecified atom stereocenters. The summed E-state index contributed by atoms with van der Waals surface area (Å²) in [5.41, 5.74) is 2.40. The van der Waals surface area contributed by atoms with E-state index >= 15 is 4.39 Å². The van der Waals surface area contributed by atoms with Gasteiger partial charge in [-0.1, -0.05) is 20.3 Å². The van der Waals surface area contributed by atoms with E-state index in [1.165, 1.54) is 25.3 Å². The van der Waals surface area contributed by atoms with Crippen molar-refractivity contribution < 1.29 is 17.9 Å². The Balaban J connectivity index is 1.31. The lowest BCUT2D eigenvalue weighted by molar-refractivity contribution is -0.0523. The highest BCUT2D eigenvalue weighted by molar-refractivity contribution is 5.81. The largest absolute Gasteiger partial charge is 0.416 e. The van der Waals surface area contributed by atoms with Gasteiger partial charge in [-0.25, -0.2) is 9.37 Å². The number of nitrogens with zero attached hydrogens (tertiary/aromatic N) is 3. The standard InChI is InChI=1S/C28H33F3N4O/c1-15-5-6-19-17(11-16(2)25(15)19)12-18-13-22-23(32-18)14-21(29)26(33-22)20-7-8-24(35-9-3-4-10-35)34-27(20)36-28(30)31/h7-8,13-17,19,25,28,32H,3-6,9-12H2,1-2H3. The van der Waals surface area contributed by atoms with E-state index in [1.807, 2.05) is 11.0 Å². The summed E-state index contributed by atoms with van der Waals surface area (Å²) in [6.07, 6.45) is 6.82. The smallest absolute Gasteiger partial charge is 0.388 e. The van der Waals surface area contributed by atoms with Gasteiger partial charge in [0.1, 0.15) is 11.5 Å². The van der Waals surface area contributed by atoms with Gasteiger partial charge in [-0.3, -0.25) is 0 Å². The van der Waals surface area contributed by atoms with Crippen molar-refractivity contribution in [2.75, 3.05) is 18.0 Å². The van der Waals surface area contributed by atoms with Crippen LogP contribution in [-0.2, 0) is 6.42 Å². The molecule has 5 atom stereocenters. The Bertz CT molecular complexity index is 1260. The molecule has 6 rings (SSSR count). The van der Waals surface area contributed by atoms with Gasteiger partial charge in [0.2, 0.25) is 5.88 Å². The highest BCUT2D eigenvalue weighted by Crippen LogP contribution is 2.54. The predicted octanol–water partition coefficient (Wildman–Crippen LogP) is 6.83. The van der Waals surface area contributed by atoms with E-state index in [0.29, 0.717) is 22.8 Å². The van der Waals surface area contributed by atoms with Gasteiger partial charge >= 0.3 is 6.61 Å². The minimum Gasteiger partial charge on any atom is -0.416 e. The first-order chi connectivity index (χ1) is 17.4. The van der Waals surface area contributed by atoms with Crippen LogP contribution in [0.1, 0.15) is 51.6 Å². The van der Waals surface area contributed by atoms with Crippen molar-refractivity contribution in [3.05, 3.63) is 35.8 Å². The summed E-state index contributed by atoms with van der Waals surface area (Å²) in [5.74, 6) is 3.41. The highest BCUT2D eigenvalue weighted by atomic mass is 19.3. The van der Waals surface area contributed by atoms with Crippen molar-refractivity contribution in [3.8, 4) is 17.1 Å². The molecule has 8 heteroatoms. The second-order valence-corrected chi connectivity index (χ2v) is 11.1. The van der Waals surface area contributed by atoms with Gasteiger partial charge in [0.25, 0.3) is 0 Å². The van der Waals surface area contributed by atoms with E-state index in [2.05, 4.69) is 28.8 Å². The molecule has 3 aromatic rings. The molecular formula is C28H33F3N4O.